The molecule has 0 unspecified atom stereocenters. The Labute approximate surface area is 93.2 Å². The molecule has 3 nitrogen and oxygen atoms in total. The van der Waals surface area contributed by atoms with E-state index in [-0.39, 0.29) is 6.61 Å². The average molecular weight is 227 g/mol. The molecular formula is C11H17NO2S. The van der Waals surface area contributed by atoms with Crippen molar-refractivity contribution in [2.45, 2.75) is 11.3 Å². The molecule has 0 spiro atoms. The van der Waals surface area contributed by atoms with Crippen molar-refractivity contribution in [1.29, 1.82) is 0 Å². The Bertz CT molecular complexity index is 339. The lowest BCUT2D eigenvalue weighted by atomic mass is 10.3. The monoisotopic (exact) mass is 227 g/mol. The van der Waals surface area contributed by atoms with E-state index in [1.54, 1.807) is 0 Å². The van der Waals surface area contributed by atoms with Crippen LogP contribution in [0.15, 0.2) is 29.2 Å². The van der Waals surface area contributed by atoms with Crippen LogP contribution in [-0.2, 0) is 10.8 Å². The number of nitrogens with zero attached hydrogens (tertiary/aromatic N) is 1. The van der Waals surface area contributed by atoms with Gasteiger partial charge in [-0.25, -0.2) is 0 Å². The van der Waals surface area contributed by atoms with Crippen LogP contribution in [0.25, 0.3) is 0 Å². The van der Waals surface area contributed by atoms with Crippen molar-refractivity contribution in [1.82, 2.24) is 0 Å². The van der Waals surface area contributed by atoms with E-state index in [1.165, 1.54) is 0 Å². The molecule has 0 aliphatic rings. The summed E-state index contributed by atoms with van der Waals surface area (Å²) in [4.78, 5) is 2.79. The first-order valence-corrected chi connectivity index (χ1v) is 6.24. The lowest BCUT2D eigenvalue weighted by molar-refractivity contribution is 0.296. The Kier molecular flexibility index (Phi) is 4.78. The standard InChI is InChI=1S/C11H17NO2S/c1-12(2)10-6-3-4-7-11(10)15(14)9-5-8-13/h3-4,6-7,13H,5,8-9H2,1-2H3/t15-/m0/s1. The van der Waals surface area contributed by atoms with Crippen molar-refractivity contribution in [3.63, 3.8) is 0 Å². The molecule has 0 amide bonds. The van der Waals surface area contributed by atoms with Gasteiger partial charge in [-0.15, -0.1) is 0 Å². The molecular weight excluding hydrogens is 210 g/mol. The summed E-state index contributed by atoms with van der Waals surface area (Å²) in [5, 5.41) is 8.70. The van der Waals surface area contributed by atoms with Crippen LogP contribution < -0.4 is 4.90 Å². The molecule has 0 heterocycles. The summed E-state index contributed by atoms with van der Waals surface area (Å²) < 4.78 is 11.9. The topological polar surface area (TPSA) is 40.5 Å². The maximum atomic E-state index is 11.9. The van der Waals surface area contributed by atoms with E-state index in [1.807, 2.05) is 43.3 Å². The molecule has 0 aliphatic heterocycles. The van der Waals surface area contributed by atoms with E-state index in [2.05, 4.69) is 0 Å². The van der Waals surface area contributed by atoms with Gasteiger partial charge < -0.3 is 10.0 Å². The van der Waals surface area contributed by atoms with Gasteiger partial charge in [0.1, 0.15) is 0 Å². The first-order chi connectivity index (χ1) is 7.16. The molecule has 1 rings (SSSR count). The molecule has 0 saturated carbocycles. The van der Waals surface area contributed by atoms with Crippen LogP contribution in [0.1, 0.15) is 6.42 Å². The molecule has 0 saturated heterocycles. The molecule has 15 heavy (non-hydrogen) atoms. The van der Waals surface area contributed by atoms with Crippen LogP contribution in [0.2, 0.25) is 0 Å². The first kappa shape index (κ1) is 12.2. The Balaban J connectivity index is 2.87. The number of hydrogen-bond acceptors (Lipinski definition) is 3. The summed E-state index contributed by atoms with van der Waals surface area (Å²) in [5.41, 5.74) is 0.980. The van der Waals surface area contributed by atoms with Gasteiger partial charge in [0.25, 0.3) is 0 Å². The van der Waals surface area contributed by atoms with Crippen LogP contribution in [-0.4, -0.2) is 35.8 Å². The third-order valence-corrected chi connectivity index (χ3v) is 3.58. The molecule has 1 aromatic carbocycles. The normalized spacial score (nSPS) is 12.5. The predicted molar refractivity (Wildman–Crippen MR) is 63.7 cm³/mol. The van der Waals surface area contributed by atoms with Gasteiger partial charge in [-0.2, -0.15) is 0 Å². The second-order valence-corrected chi connectivity index (χ2v) is 5.03. The van der Waals surface area contributed by atoms with Gasteiger partial charge in [0.2, 0.25) is 0 Å². The smallest absolute Gasteiger partial charge is 0.0621 e. The highest BCUT2D eigenvalue weighted by Crippen LogP contribution is 2.21. The minimum absolute atomic E-state index is 0.0931. The fraction of sp³-hybridized carbons (Fsp3) is 0.455. The van der Waals surface area contributed by atoms with Crippen molar-refractivity contribution in [3.8, 4) is 0 Å². The minimum atomic E-state index is -1.02. The molecule has 0 fully saturated rings. The molecule has 0 aliphatic carbocycles. The average Bonchev–Trinajstić information content (AvgIpc) is 2.25. The lowest BCUT2D eigenvalue weighted by Crippen LogP contribution is -2.12. The van der Waals surface area contributed by atoms with E-state index in [9.17, 15) is 4.21 Å². The van der Waals surface area contributed by atoms with E-state index in [0.717, 1.165) is 10.6 Å². The summed E-state index contributed by atoms with van der Waals surface area (Å²) in [6, 6.07) is 7.65. The SMILES string of the molecule is CN(C)c1ccccc1[S@@](=O)CCCO. The molecule has 1 N–H and O–H groups in total. The number of benzene rings is 1. The van der Waals surface area contributed by atoms with Gasteiger partial charge in [0.05, 0.1) is 21.4 Å². The highest BCUT2D eigenvalue weighted by Gasteiger charge is 2.09. The number of para-hydroxylation sites is 1. The van der Waals surface area contributed by atoms with Crippen LogP contribution in [0, 0.1) is 0 Å². The third-order valence-electron chi connectivity index (χ3n) is 2.08. The van der Waals surface area contributed by atoms with Gasteiger partial charge >= 0.3 is 0 Å². The van der Waals surface area contributed by atoms with Crippen molar-refractivity contribution in [2.24, 2.45) is 0 Å². The number of anilines is 1. The van der Waals surface area contributed by atoms with Gasteiger partial charge in [0.15, 0.2) is 0 Å². The van der Waals surface area contributed by atoms with Gasteiger partial charge in [-0.05, 0) is 18.6 Å². The zero-order chi connectivity index (χ0) is 11.3. The van der Waals surface area contributed by atoms with Gasteiger partial charge in [0, 0.05) is 26.5 Å². The lowest BCUT2D eigenvalue weighted by Gasteiger charge is -2.16. The van der Waals surface area contributed by atoms with Gasteiger partial charge in [-0.3, -0.25) is 4.21 Å². The second-order valence-electron chi connectivity index (χ2n) is 3.49. The Hall–Kier alpha value is -0.870. The third kappa shape index (κ3) is 3.32. The van der Waals surface area contributed by atoms with Crippen molar-refractivity contribution >= 4 is 16.5 Å². The number of aliphatic hydroxyl groups is 1. The minimum Gasteiger partial charge on any atom is -0.396 e. The molecule has 84 valence electrons. The van der Waals surface area contributed by atoms with E-state index in [4.69, 9.17) is 5.11 Å². The predicted octanol–water partition coefficient (Wildman–Crippen LogP) is 1.24. The van der Waals surface area contributed by atoms with Gasteiger partial charge in [-0.1, -0.05) is 12.1 Å². The molecule has 0 aromatic heterocycles. The van der Waals surface area contributed by atoms with Crippen molar-refractivity contribution < 1.29 is 9.32 Å². The number of aliphatic hydroxyl groups excluding tert-OH is 1. The van der Waals surface area contributed by atoms with Crippen molar-refractivity contribution in [2.75, 3.05) is 31.4 Å². The molecule has 0 bridgehead atoms. The maximum Gasteiger partial charge on any atom is 0.0621 e. The highest BCUT2D eigenvalue weighted by molar-refractivity contribution is 7.85. The molecule has 1 atom stereocenters. The highest BCUT2D eigenvalue weighted by atomic mass is 32.2. The second kappa shape index (κ2) is 5.88. The fourth-order valence-electron chi connectivity index (χ4n) is 1.32. The Morgan fingerprint density at radius 1 is 1.33 bits per heavy atom. The number of hydrogen-bond donors (Lipinski definition) is 1. The summed E-state index contributed by atoms with van der Waals surface area (Å²) in [6.07, 6.45) is 0.578. The first-order valence-electron chi connectivity index (χ1n) is 4.92. The zero-order valence-corrected chi connectivity index (χ0v) is 9.96. The Morgan fingerprint density at radius 2 is 2.00 bits per heavy atom. The number of rotatable bonds is 5. The van der Waals surface area contributed by atoms with E-state index in [0.29, 0.717) is 12.2 Å². The summed E-state index contributed by atoms with van der Waals surface area (Å²) in [5.74, 6) is 0.515. The zero-order valence-electron chi connectivity index (χ0n) is 9.14. The van der Waals surface area contributed by atoms with E-state index < -0.39 is 10.8 Å². The fourth-order valence-corrected chi connectivity index (χ4v) is 2.65. The van der Waals surface area contributed by atoms with E-state index >= 15 is 0 Å². The van der Waals surface area contributed by atoms with Crippen LogP contribution >= 0.6 is 0 Å². The van der Waals surface area contributed by atoms with Crippen LogP contribution in [0.3, 0.4) is 0 Å². The quantitative estimate of drug-likeness (QED) is 0.823. The van der Waals surface area contributed by atoms with Crippen LogP contribution in [0.5, 0.6) is 0 Å². The van der Waals surface area contributed by atoms with Crippen LogP contribution in [0.4, 0.5) is 5.69 Å². The maximum absolute atomic E-state index is 11.9. The largest absolute Gasteiger partial charge is 0.396 e. The molecule has 4 heteroatoms. The summed E-state index contributed by atoms with van der Waals surface area (Å²) in [7, 11) is 2.85. The Morgan fingerprint density at radius 3 is 2.60 bits per heavy atom. The molecule has 1 aromatic rings. The molecule has 0 radical (unpaired) electrons. The summed E-state index contributed by atoms with van der Waals surface area (Å²) in [6.45, 7) is 0.0931. The van der Waals surface area contributed by atoms with Crippen molar-refractivity contribution in [3.05, 3.63) is 24.3 Å². The summed E-state index contributed by atoms with van der Waals surface area (Å²) >= 11 is 0.